The molecule has 0 saturated heterocycles. The Hall–Kier alpha value is -1.59. The van der Waals surface area contributed by atoms with Gasteiger partial charge in [0.2, 0.25) is 5.91 Å². The molecule has 1 aromatic carbocycles. The maximum absolute atomic E-state index is 12.2. The molecule has 0 aromatic heterocycles. The van der Waals surface area contributed by atoms with Gasteiger partial charge in [0, 0.05) is 12.2 Å². The lowest BCUT2D eigenvalue weighted by molar-refractivity contribution is -0.121. The average Bonchev–Trinajstić information content (AvgIpc) is 3.25. The SMILES string of the molecule is CN(C)CCOc1ccc(NC(=O)C(C)(N)C2CC2)cc1. The second kappa shape index (κ2) is 6.45. The third-order valence-corrected chi connectivity index (χ3v) is 3.83. The Balaban J connectivity index is 1.85. The molecule has 0 spiro atoms. The molecule has 5 nitrogen and oxygen atoms in total. The molecule has 3 N–H and O–H groups in total. The van der Waals surface area contributed by atoms with E-state index in [0.29, 0.717) is 12.5 Å². The van der Waals surface area contributed by atoms with Crippen LogP contribution in [0, 0.1) is 5.92 Å². The standard InChI is InChI=1S/C16H25N3O2/c1-16(17,12-4-5-12)15(20)18-13-6-8-14(9-7-13)21-11-10-19(2)3/h6-9,12H,4-5,10-11,17H2,1-3H3,(H,18,20). The first-order chi connectivity index (χ1) is 9.89. The number of nitrogens with one attached hydrogen (secondary N) is 1. The number of hydrogen-bond acceptors (Lipinski definition) is 4. The van der Waals surface area contributed by atoms with Crippen LogP contribution in [0.5, 0.6) is 5.75 Å². The third kappa shape index (κ3) is 4.44. The number of hydrogen-bond donors (Lipinski definition) is 2. The maximum Gasteiger partial charge on any atom is 0.244 e. The molecule has 1 unspecified atom stereocenters. The topological polar surface area (TPSA) is 67.6 Å². The molecule has 1 amide bonds. The normalized spacial score (nSPS) is 17.4. The van der Waals surface area contributed by atoms with E-state index in [1.807, 2.05) is 38.4 Å². The summed E-state index contributed by atoms with van der Waals surface area (Å²) in [6, 6.07) is 7.39. The highest BCUT2D eigenvalue weighted by atomic mass is 16.5. The number of benzene rings is 1. The smallest absolute Gasteiger partial charge is 0.244 e. The minimum absolute atomic E-state index is 0.119. The van der Waals surface area contributed by atoms with Crippen molar-refractivity contribution in [2.24, 2.45) is 11.7 Å². The zero-order valence-electron chi connectivity index (χ0n) is 13.1. The third-order valence-electron chi connectivity index (χ3n) is 3.83. The van der Waals surface area contributed by atoms with E-state index >= 15 is 0 Å². The van der Waals surface area contributed by atoms with Crippen LogP contribution in [0.3, 0.4) is 0 Å². The molecule has 1 aliphatic rings. The van der Waals surface area contributed by atoms with E-state index in [1.165, 1.54) is 0 Å². The van der Waals surface area contributed by atoms with Crippen molar-refractivity contribution < 1.29 is 9.53 Å². The fraction of sp³-hybridized carbons (Fsp3) is 0.562. The van der Waals surface area contributed by atoms with Crippen LogP contribution in [0.1, 0.15) is 19.8 Å². The van der Waals surface area contributed by atoms with Gasteiger partial charge in [-0.25, -0.2) is 0 Å². The van der Waals surface area contributed by atoms with Gasteiger partial charge in [0.15, 0.2) is 0 Å². The number of anilines is 1. The van der Waals surface area contributed by atoms with E-state index in [4.69, 9.17) is 10.5 Å². The van der Waals surface area contributed by atoms with Crippen molar-refractivity contribution >= 4 is 11.6 Å². The fourth-order valence-corrected chi connectivity index (χ4v) is 2.11. The average molecular weight is 291 g/mol. The lowest BCUT2D eigenvalue weighted by Crippen LogP contribution is -2.50. The van der Waals surface area contributed by atoms with Gasteiger partial charge in [0.1, 0.15) is 12.4 Å². The minimum atomic E-state index is -0.777. The van der Waals surface area contributed by atoms with Crippen LogP contribution in [-0.2, 0) is 4.79 Å². The number of amides is 1. The predicted octanol–water partition coefficient (Wildman–Crippen LogP) is 1.69. The molecule has 1 saturated carbocycles. The molecule has 1 atom stereocenters. The molecule has 1 aromatic rings. The Morgan fingerprint density at radius 3 is 2.52 bits per heavy atom. The summed E-state index contributed by atoms with van der Waals surface area (Å²) >= 11 is 0. The predicted molar refractivity (Wildman–Crippen MR) is 84.4 cm³/mol. The summed E-state index contributed by atoms with van der Waals surface area (Å²) in [7, 11) is 4.01. The maximum atomic E-state index is 12.2. The first-order valence-electron chi connectivity index (χ1n) is 7.37. The number of nitrogens with two attached hydrogens (primary N) is 1. The van der Waals surface area contributed by atoms with Crippen molar-refractivity contribution in [3.63, 3.8) is 0 Å². The Morgan fingerprint density at radius 2 is 2.00 bits per heavy atom. The fourth-order valence-electron chi connectivity index (χ4n) is 2.11. The van der Waals surface area contributed by atoms with Gasteiger partial charge in [-0.15, -0.1) is 0 Å². The van der Waals surface area contributed by atoms with Gasteiger partial charge in [-0.1, -0.05) is 0 Å². The number of likely N-dealkylation sites (N-methyl/N-ethyl adjacent to an activating group) is 1. The van der Waals surface area contributed by atoms with E-state index in [-0.39, 0.29) is 5.91 Å². The van der Waals surface area contributed by atoms with Crippen LogP contribution in [0.15, 0.2) is 24.3 Å². The van der Waals surface area contributed by atoms with E-state index in [2.05, 4.69) is 10.2 Å². The summed E-state index contributed by atoms with van der Waals surface area (Å²) in [6.07, 6.45) is 2.08. The zero-order chi connectivity index (χ0) is 15.5. The Labute approximate surface area is 126 Å². The van der Waals surface area contributed by atoms with Crippen molar-refractivity contribution in [2.45, 2.75) is 25.3 Å². The monoisotopic (exact) mass is 291 g/mol. The van der Waals surface area contributed by atoms with Crippen LogP contribution in [-0.4, -0.2) is 43.6 Å². The lowest BCUT2D eigenvalue weighted by Gasteiger charge is -2.23. The van der Waals surface area contributed by atoms with Crippen molar-refractivity contribution in [1.82, 2.24) is 4.90 Å². The van der Waals surface area contributed by atoms with E-state index in [9.17, 15) is 4.79 Å². The molecule has 21 heavy (non-hydrogen) atoms. The molecule has 1 aliphatic carbocycles. The van der Waals surface area contributed by atoms with Gasteiger partial charge in [0.25, 0.3) is 0 Å². The van der Waals surface area contributed by atoms with E-state index in [0.717, 1.165) is 30.8 Å². The first kappa shape index (κ1) is 15.8. The number of rotatable bonds is 7. The summed E-state index contributed by atoms with van der Waals surface area (Å²) < 4.78 is 5.61. The second-order valence-electron chi connectivity index (χ2n) is 6.19. The highest BCUT2D eigenvalue weighted by Crippen LogP contribution is 2.38. The van der Waals surface area contributed by atoms with Gasteiger partial charge >= 0.3 is 0 Å². The number of ether oxygens (including phenoxy) is 1. The van der Waals surface area contributed by atoms with E-state index in [1.54, 1.807) is 6.92 Å². The van der Waals surface area contributed by atoms with Crippen LogP contribution >= 0.6 is 0 Å². The molecule has 5 heteroatoms. The van der Waals surface area contributed by atoms with Crippen molar-refractivity contribution in [2.75, 3.05) is 32.6 Å². The highest BCUT2D eigenvalue weighted by Gasteiger charge is 2.44. The van der Waals surface area contributed by atoms with Gasteiger partial charge < -0.3 is 20.7 Å². The molecule has 2 rings (SSSR count). The molecule has 116 valence electrons. The van der Waals surface area contributed by atoms with Crippen LogP contribution in [0.4, 0.5) is 5.69 Å². The van der Waals surface area contributed by atoms with E-state index < -0.39 is 5.54 Å². The van der Waals surface area contributed by atoms with Crippen LogP contribution in [0.2, 0.25) is 0 Å². The summed E-state index contributed by atoms with van der Waals surface area (Å²) in [5.74, 6) is 0.991. The zero-order valence-corrected chi connectivity index (χ0v) is 13.1. The number of carbonyl (C=O) groups is 1. The molecule has 0 bridgehead atoms. The number of carbonyl (C=O) groups excluding carboxylic acids is 1. The molecule has 0 radical (unpaired) electrons. The first-order valence-corrected chi connectivity index (χ1v) is 7.37. The van der Waals surface area contributed by atoms with Crippen molar-refractivity contribution in [1.29, 1.82) is 0 Å². The molecule has 0 heterocycles. The van der Waals surface area contributed by atoms with Gasteiger partial charge in [-0.05, 0) is 64.0 Å². The molecular formula is C16H25N3O2. The Morgan fingerprint density at radius 1 is 1.38 bits per heavy atom. The van der Waals surface area contributed by atoms with Crippen LogP contribution in [0.25, 0.3) is 0 Å². The van der Waals surface area contributed by atoms with Crippen molar-refractivity contribution in [3.8, 4) is 5.75 Å². The molecular weight excluding hydrogens is 266 g/mol. The Kier molecular flexibility index (Phi) is 4.85. The summed E-state index contributed by atoms with van der Waals surface area (Å²) in [6.45, 7) is 3.31. The number of nitrogens with zero attached hydrogens (tertiary/aromatic N) is 1. The largest absolute Gasteiger partial charge is 0.492 e. The summed E-state index contributed by atoms with van der Waals surface area (Å²) in [5.41, 5.74) is 6.07. The van der Waals surface area contributed by atoms with Gasteiger partial charge in [-0.3, -0.25) is 4.79 Å². The van der Waals surface area contributed by atoms with Gasteiger partial charge in [0.05, 0.1) is 5.54 Å². The summed E-state index contributed by atoms with van der Waals surface area (Å²) in [4.78, 5) is 14.2. The highest BCUT2D eigenvalue weighted by molar-refractivity contribution is 5.98. The van der Waals surface area contributed by atoms with Crippen LogP contribution < -0.4 is 15.8 Å². The second-order valence-corrected chi connectivity index (χ2v) is 6.19. The summed E-state index contributed by atoms with van der Waals surface area (Å²) in [5, 5.41) is 2.88. The Bertz CT molecular complexity index is 479. The lowest BCUT2D eigenvalue weighted by atomic mass is 9.96. The molecule has 0 aliphatic heterocycles. The van der Waals surface area contributed by atoms with Gasteiger partial charge in [-0.2, -0.15) is 0 Å². The van der Waals surface area contributed by atoms with Crippen molar-refractivity contribution in [3.05, 3.63) is 24.3 Å². The minimum Gasteiger partial charge on any atom is -0.492 e. The molecule has 1 fully saturated rings. The quantitative estimate of drug-likeness (QED) is 0.802.